The van der Waals surface area contributed by atoms with Gasteiger partial charge >= 0.3 is 0 Å². The molecule has 0 unspecified atom stereocenters. The Hall–Kier alpha value is -10.4. The number of furan rings is 2. The fraction of sp³-hybridized carbons (Fsp3) is 0.0390. The molecular weight excluding hydrogens is 985 g/mol. The van der Waals surface area contributed by atoms with Gasteiger partial charge in [-0.25, -0.2) is 0 Å². The monoisotopic (exact) mass is 1040 g/mol. The fourth-order valence-electron chi connectivity index (χ4n) is 13.3. The van der Waals surface area contributed by atoms with Crippen LogP contribution in [0.1, 0.15) is 25.0 Å². The van der Waals surface area contributed by atoms with Gasteiger partial charge in [0.15, 0.2) is 11.2 Å². The molecule has 16 rings (SSSR count). The molecule has 0 fully saturated rings. The van der Waals surface area contributed by atoms with Gasteiger partial charge in [-0.05, 0) is 127 Å². The van der Waals surface area contributed by atoms with Crippen LogP contribution in [0.3, 0.4) is 0 Å². The standard InChI is InChI=1S/C77H52N2O2/c1-77(2)65-38-20-34-58-64-47-53(79(67-39-17-15-31-55(67)49-23-7-3-8-24-49)69-41-21-36-60-57-32-16-18-42-70(57)80-75(60)69)43-45-59(64)71(51-27-11-5-12-28-51)73(72(58)65)63-46-44-54(48-66(63)77)78(52-29-13-6-14-30-52)68-40-22-37-62-61-35-19-33-56(74(61)81-76(62)68)50-25-9-4-10-26-50/h3-48H,1-2H3. The largest absolute Gasteiger partial charge is 0.454 e. The quantitative estimate of drug-likeness (QED) is 0.135. The number of nitrogens with zero attached hydrogens (tertiary/aromatic N) is 2. The van der Waals surface area contributed by atoms with Crippen molar-refractivity contribution in [3.8, 4) is 44.5 Å². The van der Waals surface area contributed by atoms with Gasteiger partial charge < -0.3 is 18.6 Å². The third-order valence-corrected chi connectivity index (χ3v) is 17.0. The zero-order chi connectivity index (χ0) is 53.8. The second-order valence-corrected chi connectivity index (χ2v) is 21.9. The molecule has 0 N–H and O–H groups in total. The van der Waals surface area contributed by atoms with Gasteiger partial charge in [0.2, 0.25) is 0 Å². The molecule has 4 nitrogen and oxygen atoms in total. The average molecular weight is 1040 g/mol. The number of para-hydroxylation sites is 6. The van der Waals surface area contributed by atoms with Gasteiger partial charge in [-0.3, -0.25) is 0 Å². The number of hydrogen-bond donors (Lipinski definition) is 0. The molecule has 1 aliphatic carbocycles. The Labute approximate surface area is 469 Å². The highest BCUT2D eigenvalue weighted by molar-refractivity contribution is 6.25. The summed E-state index contributed by atoms with van der Waals surface area (Å²) >= 11 is 0. The molecule has 0 saturated carbocycles. The molecule has 0 atom stereocenters. The lowest BCUT2D eigenvalue weighted by atomic mass is 9.66. The highest BCUT2D eigenvalue weighted by Gasteiger charge is 2.37. The summed E-state index contributed by atoms with van der Waals surface area (Å²) in [5.74, 6) is 0. The highest BCUT2D eigenvalue weighted by atomic mass is 16.3. The Morgan fingerprint density at radius 3 is 1.56 bits per heavy atom. The summed E-state index contributed by atoms with van der Waals surface area (Å²) in [5, 5.41) is 9.23. The van der Waals surface area contributed by atoms with E-state index in [1.165, 1.54) is 54.9 Å². The van der Waals surface area contributed by atoms with Crippen molar-refractivity contribution >= 4 is 99.5 Å². The lowest BCUT2D eigenvalue weighted by Gasteiger charge is -2.38. The summed E-state index contributed by atoms with van der Waals surface area (Å²) in [5.41, 5.74) is 21.1. The van der Waals surface area contributed by atoms with E-state index in [4.69, 9.17) is 8.83 Å². The zero-order valence-corrected chi connectivity index (χ0v) is 44.8. The van der Waals surface area contributed by atoms with E-state index in [0.717, 1.165) is 100 Å². The van der Waals surface area contributed by atoms with Gasteiger partial charge in [-0.2, -0.15) is 0 Å². The molecule has 2 aromatic heterocycles. The number of fused-ring (bicyclic) bond motifs is 10. The van der Waals surface area contributed by atoms with Crippen LogP contribution in [0.4, 0.5) is 34.1 Å². The molecule has 1 aliphatic rings. The first-order valence-electron chi connectivity index (χ1n) is 27.9. The molecule has 0 radical (unpaired) electrons. The fourth-order valence-corrected chi connectivity index (χ4v) is 13.3. The van der Waals surface area contributed by atoms with Crippen LogP contribution in [-0.4, -0.2) is 0 Å². The Balaban J connectivity index is 0.932. The van der Waals surface area contributed by atoms with Gasteiger partial charge in [0.1, 0.15) is 11.2 Å². The summed E-state index contributed by atoms with van der Waals surface area (Å²) < 4.78 is 14.0. The second kappa shape index (κ2) is 18.3. The van der Waals surface area contributed by atoms with E-state index in [9.17, 15) is 0 Å². The van der Waals surface area contributed by atoms with E-state index >= 15 is 0 Å². The van der Waals surface area contributed by atoms with Crippen LogP contribution in [0.15, 0.2) is 288 Å². The maximum Gasteiger partial charge on any atom is 0.159 e. The maximum atomic E-state index is 7.12. The molecule has 0 bridgehead atoms. The molecule has 2 heterocycles. The van der Waals surface area contributed by atoms with E-state index < -0.39 is 5.41 Å². The van der Waals surface area contributed by atoms with Crippen molar-refractivity contribution in [2.24, 2.45) is 0 Å². The van der Waals surface area contributed by atoms with Crippen molar-refractivity contribution in [3.05, 3.63) is 290 Å². The van der Waals surface area contributed by atoms with Crippen LogP contribution in [0, 0.1) is 0 Å². The Morgan fingerprint density at radius 2 is 0.802 bits per heavy atom. The summed E-state index contributed by atoms with van der Waals surface area (Å²) in [4.78, 5) is 4.80. The lowest BCUT2D eigenvalue weighted by molar-refractivity contribution is 0.645. The van der Waals surface area contributed by atoms with Crippen molar-refractivity contribution in [1.29, 1.82) is 0 Å². The van der Waals surface area contributed by atoms with Crippen molar-refractivity contribution in [3.63, 3.8) is 0 Å². The van der Waals surface area contributed by atoms with Crippen molar-refractivity contribution < 1.29 is 8.83 Å². The molecular formula is C77H52N2O2. The topological polar surface area (TPSA) is 32.8 Å². The van der Waals surface area contributed by atoms with E-state index in [2.05, 4.69) is 297 Å². The molecule has 0 amide bonds. The molecule has 4 heteroatoms. The van der Waals surface area contributed by atoms with E-state index in [1.807, 2.05) is 6.07 Å². The molecule has 0 spiro atoms. The average Bonchev–Trinajstić information content (AvgIpc) is 4.27. The van der Waals surface area contributed by atoms with Gasteiger partial charge in [-0.15, -0.1) is 0 Å². The van der Waals surface area contributed by atoms with Gasteiger partial charge in [0.05, 0.1) is 17.1 Å². The van der Waals surface area contributed by atoms with Crippen molar-refractivity contribution in [1.82, 2.24) is 0 Å². The van der Waals surface area contributed by atoms with Crippen LogP contribution >= 0.6 is 0 Å². The van der Waals surface area contributed by atoms with Gasteiger partial charge in [-0.1, -0.05) is 232 Å². The van der Waals surface area contributed by atoms with Gasteiger partial charge in [0.25, 0.3) is 0 Å². The number of hydrogen-bond acceptors (Lipinski definition) is 4. The molecule has 13 aromatic carbocycles. The minimum absolute atomic E-state index is 0.410. The molecule has 15 aromatic rings. The van der Waals surface area contributed by atoms with E-state index in [0.29, 0.717) is 0 Å². The van der Waals surface area contributed by atoms with E-state index in [-0.39, 0.29) is 0 Å². The first-order chi connectivity index (χ1) is 40.0. The summed E-state index contributed by atoms with van der Waals surface area (Å²) in [6, 6.07) is 101. The lowest BCUT2D eigenvalue weighted by Crippen LogP contribution is -2.24. The normalized spacial score (nSPS) is 12.7. The van der Waals surface area contributed by atoms with E-state index in [1.54, 1.807) is 0 Å². The molecule has 0 saturated heterocycles. The predicted molar refractivity (Wildman–Crippen MR) is 339 cm³/mol. The highest BCUT2D eigenvalue weighted by Crippen LogP contribution is 2.57. The summed E-state index contributed by atoms with van der Waals surface area (Å²) in [6.07, 6.45) is 0. The van der Waals surface area contributed by atoms with Crippen molar-refractivity contribution in [2.75, 3.05) is 9.80 Å². The number of rotatable bonds is 9. The third-order valence-electron chi connectivity index (χ3n) is 17.0. The zero-order valence-electron chi connectivity index (χ0n) is 44.8. The first kappa shape index (κ1) is 46.7. The van der Waals surface area contributed by atoms with Crippen LogP contribution in [0.5, 0.6) is 0 Å². The second-order valence-electron chi connectivity index (χ2n) is 21.9. The number of anilines is 6. The Bertz CT molecular complexity index is 4960. The SMILES string of the molecule is CC1(C)c2cc(N(c3ccccc3)c3cccc4c3oc3c(-c5ccccc5)cccc34)ccc2-c2c(-c3ccccc3)c3ccc(N(c4ccccc4-c4ccccc4)c4cccc5c4oc4ccccc45)cc3c3cccc1c23. The van der Waals surface area contributed by atoms with Crippen LogP contribution in [-0.2, 0) is 5.41 Å². The Morgan fingerprint density at radius 1 is 0.284 bits per heavy atom. The maximum absolute atomic E-state index is 7.12. The first-order valence-corrected chi connectivity index (χ1v) is 27.9. The van der Waals surface area contributed by atoms with Crippen molar-refractivity contribution in [2.45, 2.75) is 19.3 Å². The van der Waals surface area contributed by atoms with Crippen LogP contribution in [0.2, 0.25) is 0 Å². The summed E-state index contributed by atoms with van der Waals surface area (Å²) in [6.45, 7) is 4.81. The Kier molecular flexibility index (Phi) is 10.6. The minimum atomic E-state index is -0.410. The van der Waals surface area contributed by atoms with Crippen LogP contribution < -0.4 is 9.80 Å². The smallest absolute Gasteiger partial charge is 0.159 e. The minimum Gasteiger partial charge on any atom is -0.454 e. The van der Waals surface area contributed by atoms with Gasteiger partial charge in [0, 0.05) is 55.1 Å². The predicted octanol–water partition coefficient (Wildman–Crippen LogP) is 22.0. The molecule has 81 heavy (non-hydrogen) atoms. The van der Waals surface area contributed by atoms with Crippen LogP contribution in [0.25, 0.3) is 110 Å². The summed E-state index contributed by atoms with van der Waals surface area (Å²) in [7, 11) is 0. The number of benzene rings is 13. The molecule has 0 aliphatic heterocycles. The molecule has 382 valence electrons. The third kappa shape index (κ3) is 7.23.